The van der Waals surface area contributed by atoms with E-state index in [2.05, 4.69) is 51.0 Å². The maximum atomic E-state index is 5.66. The third kappa shape index (κ3) is 4.53. The molecule has 0 spiro atoms. The van der Waals surface area contributed by atoms with E-state index in [1.165, 1.54) is 0 Å². The van der Waals surface area contributed by atoms with Gasteiger partial charge in [-0.1, -0.05) is 19.9 Å². The van der Waals surface area contributed by atoms with Crippen molar-refractivity contribution in [2.75, 3.05) is 13.2 Å². The van der Waals surface area contributed by atoms with E-state index < -0.39 is 0 Å². The molecule has 4 heteroatoms. The van der Waals surface area contributed by atoms with E-state index in [1.807, 2.05) is 18.2 Å². The minimum Gasteiger partial charge on any atom is -0.490 e. The Labute approximate surface area is 108 Å². The van der Waals surface area contributed by atoms with Crippen molar-refractivity contribution in [1.29, 1.82) is 0 Å². The van der Waals surface area contributed by atoms with Crippen molar-refractivity contribution in [3.8, 4) is 5.75 Å². The molecule has 0 aromatic heterocycles. The Bertz CT molecular complexity index is 295. The van der Waals surface area contributed by atoms with Gasteiger partial charge in [0.15, 0.2) is 0 Å². The Morgan fingerprint density at radius 1 is 1.27 bits per heavy atom. The van der Waals surface area contributed by atoms with Crippen LogP contribution in [0.25, 0.3) is 0 Å². The van der Waals surface area contributed by atoms with Gasteiger partial charge in [-0.15, -0.1) is 0 Å². The second kappa shape index (κ2) is 6.51. The molecule has 2 nitrogen and oxygen atoms in total. The first kappa shape index (κ1) is 13.0. The first-order valence-electron chi connectivity index (χ1n) is 4.91. The van der Waals surface area contributed by atoms with Crippen LogP contribution in [0.5, 0.6) is 5.75 Å². The number of hydrogen-bond acceptors (Lipinski definition) is 2. The average Bonchev–Trinajstić information content (AvgIpc) is 2.15. The zero-order valence-electron chi connectivity index (χ0n) is 8.89. The van der Waals surface area contributed by atoms with Crippen LogP contribution in [-0.4, -0.2) is 19.2 Å². The molecular weight excluding hydrogens is 322 g/mol. The fourth-order valence-electron chi connectivity index (χ4n) is 1.12. The molecule has 1 aromatic carbocycles. The Kier molecular flexibility index (Phi) is 5.64. The Balaban J connectivity index is 2.43. The summed E-state index contributed by atoms with van der Waals surface area (Å²) in [5.74, 6) is 0.864. The monoisotopic (exact) mass is 335 g/mol. The summed E-state index contributed by atoms with van der Waals surface area (Å²) >= 11 is 6.91. The van der Waals surface area contributed by atoms with Gasteiger partial charge in [0, 0.05) is 12.6 Å². The van der Waals surface area contributed by atoms with E-state index >= 15 is 0 Å². The standard InChI is InChI=1S/C11H15Br2NO/c1-8(2)14-6-7-15-11-9(12)4-3-5-10(11)13/h3-5,8,14H,6-7H2,1-2H3. The topological polar surface area (TPSA) is 21.3 Å². The van der Waals surface area contributed by atoms with Gasteiger partial charge < -0.3 is 10.1 Å². The number of para-hydroxylation sites is 1. The largest absolute Gasteiger partial charge is 0.490 e. The highest BCUT2D eigenvalue weighted by atomic mass is 79.9. The minimum atomic E-state index is 0.497. The van der Waals surface area contributed by atoms with Gasteiger partial charge in [0.1, 0.15) is 12.4 Å². The molecular formula is C11H15Br2NO. The molecule has 15 heavy (non-hydrogen) atoms. The molecule has 0 heterocycles. The minimum absolute atomic E-state index is 0.497. The maximum absolute atomic E-state index is 5.66. The molecule has 0 amide bonds. The summed E-state index contributed by atoms with van der Waals surface area (Å²) < 4.78 is 7.61. The molecule has 1 aromatic rings. The lowest BCUT2D eigenvalue weighted by Crippen LogP contribution is -2.27. The fraction of sp³-hybridized carbons (Fsp3) is 0.455. The van der Waals surface area contributed by atoms with Crippen molar-refractivity contribution < 1.29 is 4.74 Å². The van der Waals surface area contributed by atoms with Crippen molar-refractivity contribution in [2.45, 2.75) is 19.9 Å². The average molecular weight is 337 g/mol. The highest BCUT2D eigenvalue weighted by Crippen LogP contribution is 2.32. The van der Waals surface area contributed by atoms with Crippen molar-refractivity contribution in [2.24, 2.45) is 0 Å². The van der Waals surface area contributed by atoms with Crippen LogP contribution in [0.15, 0.2) is 27.1 Å². The molecule has 0 bridgehead atoms. The summed E-state index contributed by atoms with van der Waals surface area (Å²) in [6.45, 7) is 5.76. The predicted octanol–water partition coefficient (Wildman–Crippen LogP) is 3.59. The highest BCUT2D eigenvalue weighted by molar-refractivity contribution is 9.11. The summed E-state index contributed by atoms with van der Waals surface area (Å²) in [5.41, 5.74) is 0. The van der Waals surface area contributed by atoms with Crippen LogP contribution in [0.1, 0.15) is 13.8 Å². The zero-order valence-corrected chi connectivity index (χ0v) is 12.1. The van der Waals surface area contributed by atoms with Gasteiger partial charge in [0.05, 0.1) is 8.95 Å². The fourth-order valence-corrected chi connectivity index (χ4v) is 2.35. The van der Waals surface area contributed by atoms with E-state index in [4.69, 9.17) is 4.74 Å². The molecule has 84 valence electrons. The zero-order chi connectivity index (χ0) is 11.3. The predicted molar refractivity (Wildman–Crippen MR) is 70.5 cm³/mol. The van der Waals surface area contributed by atoms with Crippen LogP contribution in [-0.2, 0) is 0 Å². The SMILES string of the molecule is CC(C)NCCOc1c(Br)cccc1Br. The summed E-state index contributed by atoms with van der Waals surface area (Å²) in [5, 5.41) is 3.30. The number of benzene rings is 1. The van der Waals surface area contributed by atoms with Crippen LogP contribution in [0.4, 0.5) is 0 Å². The molecule has 1 rings (SSSR count). The van der Waals surface area contributed by atoms with E-state index in [9.17, 15) is 0 Å². The summed E-state index contributed by atoms with van der Waals surface area (Å²) in [4.78, 5) is 0. The Morgan fingerprint density at radius 2 is 1.87 bits per heavy atom. The first-order valence-corrected chi connectivity index (χ1v) is 6.50. The third-order valence-corrected chi connectivity index (χ3v) is 3.07. The van der Waals surface area contributed by atoms with Crippen molar-refractivity contribution >= 4 is 31.9 Å². The van der Waals surface area contributed by atoms with Gasteiger partial charge in [-0.2, -0.15) is 0 Å². The van der Waals surface area contributed by atoms with Crippen molar-refractivity contribution in [3.63, 3.8) is 0 Å². The maximum Gasteiger partial charge on any atom is 0.147 e. The molecule has 0 unspecified atom stereocenters. The summed E-state index contributed by atoms with van der Waals surface area (Å²) in [6, 6.07) is 6.40. The van der Waals surface area contributed by atoms with E-state index in [0.29, 0.717) is 12.6 Å². The molecule has 0 aliphatic carbocycles. The van der Waals surface area contributed by atoms with E-state index in [-0.39, 0.29) is 0 Å². The molecule has 0 aliphatic rings. The van der Waals surface area contributed by atoms with Gasteiger partial charge in [-0.3, -0.25) is 0 Å². The second-order valence-corrected chi connectivity index (χ2v) is 5.22. The third-order valence-electron chi connectivity index (χ3n) is 1.82. The van der Waals surface area contributed by atoms with Crippen molar-refractivity contribution in [1.82, 2.24) is 5.32 Å². The molecule has 0 saturated heterocycles. The van der Waals surface area contributed by atoms with Crippen LogP contribution >= 0.6 is 31.9 Å². The summed E-state index contributed by atoms with van der Waals surface area (Å²) in [6.07, 6.45) is 0. The molecule has 0 atom stereocenters. The number of ether oxygens (including phenoxy) is 1. The van der Waals surface area contributed by atoms with Crippen LogP contribution in [0.2, 0.25) is 0 Å². The molecule has 0 saturated carbocycles. The van der Waals surface area contributed by atoms with Gasteiger partial charge in [0.2, 0.25) is 0 Å². The Morgan fingerprint density at radius 3 is 2.40 bits per heavy atom. The van der Waals surface area contributed by atoms with E-state index in [0.717, 1.165) is 21.2 Å². The van der Waals surface area contributed by atoms with Crippen LogP contribution in [0, 0.1) is 0 Å². The lowest BCUT2D eigenvalue weighted by molar-refractivity contribution is 0.305. The number of hydrogen-bond donors (Lipinski definition) is 1. The quantitative estimate of drug-likeness (QED) is 0.830. The van der Waals surface area contributed by atoms with Crippen LogP contribution < -0.4 is 10.1 Å². The molecule has 1 N–H and O–H groups in total. The normalized spacial score (nSPS) is 10.7. The van der Waals surface area contributed by atoms with Gasteiger partial charge in [-0.25, -0.2) is 0 Å². The molecule has 0 aliphatic heterocycles. The highest BCUT2D eigenvalue weighted by Gasteiger charge is 2.04. The lowest BCUT2D eigenvalue weighted by atomic mass is 10.3. The number of rotatable bonds is 5. The second-order valence-electron chi connectivity index (χ2n) is 3.51. The van der Waals surface area contributed by atoms with Gasteiger partial charge >= 0.3 is 0 Å². The Hall–Kier alpha value is -0.0600. The number of nitrogens with one attached hydrogen (secondary N) is 1. The summed E-state index contributed by atoms with van der Waals surface area (Å²) in [7, 11) is 0. The smallest absolute Gasteiger partial charge is 0.147 e. The molecule has 0 fully saturated rings. The van der Waals surface area contributed by atoms with Crippen LogP contribution in [0.3, 0.4) is 0 Å². The van der Waals surface area contributed by atoms with Gasteiger partial charge in [0.25, 0.3) is 0 Å². The first-order chi connectivity index (χ1) is 7.11. The molecule has 0 radical (unpaired) electrons. The van der Waals surface area contributed by atoms with Crippen molar-refractivity contribution in [3.05, 3.63) is 27.1 Å². The van der Waals surface area contributed by atoms with Gasteiger partial charge in [-0.05, 0) is 44.0 Å². The van der Waals surface area contributed by atoms with E-state index in [1.54, 1.807) is 0 Å². The lowest BCUT2D eigenvalue weighted by Gasteiger charge is -2.12. The number of halogens is 2.